The molecule has 52 heavy (non-hydrogen) atoms. The van der Waals surface area contributed by atoms with Gasteiger partial charge in [0.2, 0.25) is 0 Å². The van der Waals surface area contributed by atoms with E-state index in [0.29, 0.717) is 36.5 Å². The monoisotopic (exact) mass is 789 g/mol. The van der Waals surface area contributed by atoms with Crippen LogP contribution in [0.3, 0.4) is 0 Å². The fourth-order valence-corrected chi connectivity index (χ4v) is 6.73. The van der Waals surface area contributed by atoms with Crippen LogP contribution in [0.1, 0.15) is 46.9 Å². The van der Waals surface area contributed by atoms with Crippen molar-refractivity contribution in [1.82, 2.24) is 4.90 Å². The van der Waals surface area contributed by atoms with Gasteiger partial charge in [0.25, 0.3) is 11.3 Å². The Morgan fingerprint density at radius 1 is 1.08 bits per heavy atom. The molecular weight excluding hydrogens is 751 g/mol. The molecule has 2 fully saturated rings. The van der Waals surface area contributed by atoms with Crippen molar-refractivity contribution >= 4 is 46.1 Å². The molecule has 2 heterocycles. The van der Waals surface area contributed by atoms with Crippen LogP contribution in [0.5, 0.6) is 17.2 Å². The smallest absolute Gasteiger partial charge is 0.387 e. The summed E-state index contributed by atoms with van der Waals surface area (Å²) in [5.74, 6) is -0.712. The van der Waals surface area contributed by atoms with Gasteiger partial charge in [-0.25, -0.2) is 9.00 Å². The van der Waals surface area contributed by atoms with Gasteiger partial charge < -0.3 is 34.0 Å². The predicted octanol–water partition coefficient (Wildman–Crippen LogP) is 5.19. The number of aliphatic hydroxyl groups excluding tert-OH is 1. The average Bonchev–Trinajstić information content (AvgIpc) is 3.94. The van der Waals surface area contributed by atoms with Gasteiger partial charge in [-0.1, -0.05) is 29.3 Å². The molecule has 2 N–H and O–H groups in total. The van der Waals surface area contributed by atoms with Crippen molar-refractivity contribution in [1.29, 1.82) is 0 Å². The highest BCUT2D eigenvalue weighted by Gasteiger charge is 2.28. The molecule has 0 spiro atoms. The van der Waals surface area contributed by atoms with E-state index >= 15 is 0 Å². The SMILES string of the molecule is O=C(O[C@@H](Cc1c(Cl)c[n+]([O-])cc1Cl)c1ccc(OC(F)F)c(OCC2CC2)c1)c1ccc(N(CCCN2CCOCC2)S(=O)O)c(OCCO)c1. The van der Waals surface area contributed by atoms with Crippen molar-refractivity contribution in [3.05, 3.63) is 80.7 Å². The molecule has 2 aromatic carbocycles. The topological polar surface area (TPSA) is 154 Å². The third-order valence-electron chi connectivity index (χ3n) is 8.36. The molecule has 0 radical (unpaired) electrons. The number of hydrogen-bond acceptors (Lipinski definition) is 10. The molecule has 1 aromatic heterocycles. The second kappa shape index (κ2) is 19.0. The van der Waals surface area contributed by atoms with Crippen LogP contribution in [-0.4, -0.2) is 90.6 Å². The minimum Gasteiger partial charge on any atom is -0.619 e. The van der Waals surface area contributed by atoms with Crippen molar-refractivity contribution < 1.29 is 55.9 Å². The van der Waals surface area contributed by atoms with Crippen LogP contribution in [0.2, 0.25) is 10.0 Å². The first-order chi connectivity index (χ1) is 25.0. The number of rotatable bonds is 19. The summed E-state index contributed by atoms with van der Waals surface area (Å²) in [6.07, 6.45) is 3.34. The van der Waals surface area contributed by atoms with Crippen molar-refractivity contribution in [3.63, 3.8) is 0 Å². The molecule has 1 aliphatic carbocycles. The third kappa shape index (κ3) is 11.2. The van der Waals surface area contributed by atoms with E-state index in [1.807, 2.05) is 0 Å². The first kappa shape index (κ1) is 39.7. The number of aromatic nitrogens is 1. The van der Waals surface area contributed by atoms with Crippen LogP contribution in [0.15, 0.2) is 48.8 Å². The number of nitrogens with zero attached hydrogens (tertiary/aromatic N) is 3. The first-order valence-corrected chi connectivity index (χ1v) is 18.4. The Morgan fingerprint density at radius 3 is 2.46 bits per heavy atom. The quantitative estimate of drug-likeness (QED) is 0.0714. The van der Waals surface area contributed by atoms with Gasteiger partial charge in [-0.15, -0.1) is 0 Å². The highest BCUT2D eigenvalue weighted by atomic mass is 35.5. The maximum Gasteiger partial charge on any atom is 0.387 e. The van der Waals surface area contributed by atoms with Gasteiger partial charge >= 0.3 is 12.6 Å². The van der Waals surface area contributed by atoms with E-state index in [2.05, 4.69) is 9.64 Å². The normalized spacial score (nSPS) is 16.0. The molecule has 1 unspecified atom stereocenters. The van der Waals surface area contributed by atoms with Crippen LogP contribution in [0, 0.1) is 11.1 Å². The number of aliphatic hydroxyl groups is 1. The molecule has 2 atom stereocenters. The molecule has 2 aliphatic rings. The lowest BCUT2D eigenvalue weighted by atomic mass is 10.0. The Kier molecular flexibility index (Phi) is 14.5. The van der Waals surface area contributed by atoms with Gasteiger partial charge in [0, 0.05) is 38.2 Å². The van der Waals surface area contributed by atoms with Crippen molar-refractivity contribution in [3.8, 4) is 17.2 Å². The van der Waals surface area contributed by atoms with Crippen LogP contribution in [0.25, 0.3) is 0 Å². The van der Waals surface area contributed by atoms with Crippen molar-refractivity contribution in [2.45, 2.75) is 38.4 Å². The minimum atomic E-state index is -3.11. The standard InChI is InChI=1S/C34H39Cl2F2N3O10S/c35-26-19-40(44)20-27(36)25(26)18-30(23-5-7-29(51-34(37)38)32(16-23)49-21-22-2-3-22)50-33(43)24-4-6-28(31(17-24)48-15-12-42)41(52(45)46)9-1-8-39-10-13-47-14-11-39/h4-7,16-17,19-20,22,30,34,42H,1-3,8-15,18,21H2,(H,45,46)/t30-/m0/s1. The molecule has 0 amide bonds. The second-order valence-electron chi connectivity index (χ2n) is 12.1. The lowest BCUT2D eigenvalue weighted by molar-refractivity contribution is -0.605. The molecule has 1 aliphatic heterocycles. The summed E-state index contributed by atoms with van der Waals surface area (Å²) in [5, 5.41) is 21.4. The summed E-state index contributed by atoms with van der Waals surface area (Å²) >= 11 is 10.3. The summed E-state index contributed by atoms with van der Waals surface area (Å²) < 4.78 is 78.4. The molecule has 3 aromatic rings. The zero-order valence-electron chi connectivity index (χ0n) is 28.0. The summed E-state index contributed by atoms with van der Waals surface area (Å²) in [4.78, 5) is 16.0. The van der Waals surface area contributed by atoms with Crippen LogP contribution < -0.4 is 23.2 Å². The summed E-state index contributed by atoms with van der Waals surface area (Å²) in [5.41, 5.74) is 0.804. The van der Waals surface area contributed by atoms with Gasteiger partial charge in [-0.2, -0.15) is 13.5 Å². The fourth-order valence-electron chi connectivity index (χ4n) is 5.52. The lowest BCUT2D eigenvalue weighted by Gasteiger charge is -2.28. The number of ether oxygens (including phenoxy) is 5. The average molecular weight is 791 g/mol. The predicted molar refractivity (Wildman–Crippen MR) is 188 cm³/mol. The van der Waals surface area contributed by atoms with E-state index < -0.39 is 30.0 Å². The minimum absolute atomic E-state index is 0.00108. The van der Waals surface area contributed by atoms with E-state index in [9.17, 15) is 32.7 Å². The molecule has 5 rings (SSSR count). The van der Waals surface area contributed by atoms with E-state index in [1.165, 1.54) is 40.7 Å². The van der Waals surface area contributed by atoms with Gasteiger partial charge in [-0.05, 0) is 61.1 Å². The Morgan fingerprint density at radius 2 is 1.81 bits per heavy atom. The van der Waals surface area contributed by atoms with E-state index in [-0.39, 0.29) is 82.8 Å². The zero-order chi connectivity index (χ0) is 37.2. The lowest BCUT2D eigenvalue weighted by Crippen LogP contribution is -2.38. The highest BCUT2D eigenvalue weighted by molar-refractivity contribution is 7.80. The maximum atomic E-state index is 13.8. The number of carbonyl (C=O) groups is 1. The first-order valence-electron chi connectivity index (χ1n) is 16.6. The number of benzene rings is 2. The van der Waals surface area contributed by atoms with Gasteiger partial charge in [0.05, 0.1) is 37.7 Å². The van der Waals surface area contributed by atoms with Crippen LogP contribution in [-0.2, 0) is 27.2 Å². The number of carbonyl (C=O) groups excluding carboxylic acids is 1. The van der Waals surface area contributed by atoms with Gasteiger partial charge in [0.15, 0.2) is 23.9 Å². The third-order valence-corrected chi connectivity index (χ3v) is 9.77. The molecule has 18 heteroatoms. The Labute approximate surface area is 311 Å². The molecule has 1 saturated carbocycles. The Hall–Kier alpha value is -3.51. The largest absolute Gasteiger partial charge is 0.619 e. The van der Waals surface area contributed by atoms with E-state index in [0.717, 1.165) is 38.3 Å². The number of anilines is 1. The number of halogens is 4. The van der Waals surface area contributed by atoms with E-state index in [4.69, 9.17) is 42.1 Å². The number of hydrogen-bond donors (Lipinski definition) is 2. The van der Waals surface area contributed by atoms with Crippen molar-refractivity contribution in [2.24, 2.45) is 5.92 Å². The van der Waals surface area contributed by atoms with Crippen molar-refractivity contribution in [2.75, 3.05) is 63.5 Å². The Bertz CT molecular complexity index is 1680. The Balaban J connectivity index is 1.43. The molecule has 13 nitrogen and oxygen atoms in total. The second-order valence-corrected chi connectivity index (χ2v) is 13.8. The van der Waals surface area contributed by atoms with Crippen LogP contribution >= 0.6 is 23.2 Å². The zero-order valence-corrected chi connectivity index (χ0v) is 30.3. The molecular formula is C34H39Cl2F2N3O10S. The number of pyridine rings is 1. The van der Waals surface area contributed by atoms with Gasteiger partial charge in [0.1, 0.15) is 28.5 Å². The maximum absolute atomic E-state index is 13.8. The number of morpholine rings is 1. The van der Waals surface area contributed by atoms with Gasteiger partial charge in [-0.3, -0.25) is 13.8 Å². The number of esters is 1. The number of alkyl halides is 2. The molecule has 0 bridgehead atoms. The summed E-state index contributed by atoms with van der Waals surface area (Å²) in [6.45, 7) is 0.227. The van der Waals surface area contributed by atoms with Crippen LogP contribution in [0.4, 0.5) is 14.5 Å². The summed E-state index contributed by atoms with van der Waals surface area (Å²) in [6, 6.07) is 8.32. The highest BCUT2D eigenvalue weighted by Crippen LogP contribution is 2.39. The van der Waals surface area contributed by atoms with E-state index in [1.54, 1.807) is 0 Å². The molecule has 284 valence electrons. The summed E-state index contributed by atoms with van der Waals surface area (Å²) in [7, 11) is 0. The fraction of sp³-hybridized carbons (Fsp3) is 0.471. The molecule has 1 saturated heterocycles.